The van der Waals surface area contributed by atoms with Crippen LogP contribution in [-0.2, 0) is 13.1 Å². The summed E-state index contributed by atoms with van der Waals surface area (Å²) in [5.41, 5.74) is 9.58. The van der Waals surface area contributed by atoms with Gasteiger partial charge in [0, 0.05) is 24.2 Å². The molecule has 2 nitrogen and oxygen atoms in total. The lowest BCUT2D eigenvalue weighted by molar-refractivity contribution is 0.765. The fourth-order valence-corrected chi connectivity index (χ4v) is 2.11. The molecule has 1 aromatic carbocycles. The maximum atomic E-state index is 5.74. The maximum Gasteiger partial charge on any atom is 0.0527 e. The van der Waals surface area contributed by atoms with E-state index in [1.807, 2.05) is 0 Å². The van der Waals surface area contributed by atoms with Crippen LogP contribution in [0.25, 0.3) is 10.9 Å². The van der Waals surface area contributed by atoms with Gasteiger partial charge in [0.25, 0.3) is 0 Å². The van der Waals surface area contributed by atoms with Gasteiger partial charge in [0.2, 0.25) is 0 Å². The molecule has 0 aliphatic carbocycles. The van der Waals surface area contributed by atoms with E-state index < -0.39 is 0 Å². The molecule has 0 saturated heterocycles. The predicted octanol–water partition coefficient (Wildman–Crippen LogP) is 2.43. The van der Waals surface area contributed by atoms with Crippen molar-refractivity contribution in [3.05, 3.63) is 35.5 Å². The Morgan fingerprint density at radius 2 is 2.14 bits per heavy atom. The number of benzene rings is 1. The van der Waals surface area contributed by atoms with E-state index in [1.54, 1.807) is 0 Å². The summed E-state index contributed by atoms with van der Waals surface area (Å²) in [5, 5.41) is 1.30. The Balaban J connectivity index is 2.82. The number of rotatable bonds is 2. The summed E-state index contributed by atoms with van der Waals surface area (Å²) in [6.07, 6.45) is 0. The third kappa shape index (κ3) is 1.23. The molecular formula is C12H16N2. The minimum atomic E-state index is 0.612. The molecule has 2 heteroatoms. The zero-order valence-corrected chi connectivity index (χ0v) is 8.75. The van der Waals surface area contributed by atoms with Crippen molar-refractivity contribution in [3.63, 3.8) is 0 Å². The van der Waals surface area contributed by atoms with E-state index in [0.29, 0.717) is 6.54 Å². The Hall–Kier alpha value is -1.28. The SMILES string of the molecule is CCn1c(C)cc2cccc(CN)c21. The number of hydrogen-bond donors (Lipinski definition) is 1. The van der Waals surface area contributed by atoms with E-state index in [9.17, 15) is 0 Å². The summed E-state index contributed by atoms with van der Waals surface area (Å²) in [5.74, 6) is 0. The van der Waals surface area contributed by atoms with Crippen LogP contribution in [0.2, 0.25) is 0 Å². The number of nitrogens with two attached hydrogens (primary N) is 1. The van der Waals surface area contributed by atoms with E-state index in [2.05, 4.69) is 42.7 Å². The Labute approximate surface area is 84.3 Å². The molecule has 0 aliphatic rings. The van der Waals surface area contributed by atoms with Gasteiger partial charge in [-0.3, -0.25) is 0 Å². The van der Waals surface area contributed by atoms with E-state index in [4.69, 9.17) is 5.73 Å². The van der Waals surface area contributed by atoms with Crippen molar-refractivity contribution in [2.75, 3.05) is 0 Å². The summed E-state index contributed by atoms with van der Waals surface area (Å²) >= 11 is 0. The van der Waals surface area contributed by atoms with E-state index in [0.717, 1.165) is 6.54 Å². The molecule has 0 radical (unpaired) electrons. The Bertz CT molecular complexity index is 455. The first-order chi connectivity index (χ1) is 6.77. The topological polar surface area (TPSA) is 30.9 Å². The summed E-state index contributed by atoms with van der Waals surface area (Å²) in [7, 11) is 0. The van der Waals surface area contributed by atoms with Crippen molar-refractivity contribution < 1.29 is 0 Å². The van der Waals surface area contributed by atoms with Gasteiger partial charge in [-0.15, -0.1) is 0 Å². The van der Waals surface area contributed by atoms with Gasteiger partial charge >= 0.3 is 0 Å². The summed E-state index contributed by atoms with van der Waals surface area (Å²) in [6.45, 7) is 5.93. The van der Waals surface area contributed by atoms with Gasteiger partial charge in [-0.1, -0.05) is 18.2 Å². The van der Waals surface area contributed by atoms with E-state index in [-0.39, 0.29) is 0 Å². The first-order valence-electron chi connectivity index (χ1n) is 5.05. The first-order valence-corrected chi connectivity index (χ1v) is 5.05. The molecule has 0 atom stereocenters. The largest absolute Gasteiger partial charge is 0.345 e. The second kappa shape index (κ2) is 3.46. The average molecular weight is 188 g/mol. The molecule has 0 fully saturated rings. The quantitative estimate of drug-likeness (QED) is 0.771. The monoisotopic (exact) mass is 188 g/mol. The van der Waals surface area contributed by atoms with Crippen molar-refractivity contribution in [2.45, 2.75) is 26.9 Å². The van der Waals surface area contributed by atoms with Crippen molar-refractivity contribution in [2.24, 2.45) is 5.73 Å². The van der Waals surface area contributed by atoms with Crippen LogP contribution < -0.4 is 5.73 Å². The molecule has 2 N–H and O–H groups in total. The standard InChI is InChI=1S/C12H16N2/c1-3-14-9(2)7-10-5-4-6-11(8-13)12(10)14/h4-7H,3,8,13H2,1-2H3. The fraction of sp³-hybridized carbons (Fsp3) is 0.333. The summed E-state index contributed by atoms with van der Waals surface area (Å²) in [6, 6.07) is 8.55. The van der Waals surface area contributed by atoms with Crippen LogP contribution in [0, 0.1) is 6.92 Å². The number of nitrogens with zero attached hydrogens (tertiary/aromatic N) is 1. The smallest absolute Gasteiger partial charge is 0.0527 e. The molecule has 0 spiro atoms. The van der Waals surface area contributed by atoms with Crippen molar-refractivity contribution in [3.8, 4) is 0 Å². The molecule has 74 valence electrons. The lowest BCUT2D eigenvalue weighted by Gasteiger charge is -2.07. The molecule has 1 heterocycles. The molecular weight excluding hydrogens is 172 g/mol. The van der Waals surface area contributed by atoms with E-state index in [1.165, 1.54) is 22.2 Å². The second-order valence-corrected chi connectivity index (χ2v) is 3.59. The highest BCUT2D eigenvalue weighted by Gasteiger charge is 2.06. The molecule has 0 amide bonds. The van der Waals surface area contributed by atoms with Gasteiger partial charge in [-0.05, 0) is 25.5 Å². The molecule has 14 heavy (non-hydrogen) atoms. The molecule has 0 bridgehead atoms. The number of para-hydroxylation sites is 1. The Morgan fingerprint density at radius 3 is 2.79 bits per heavy atom. The van der Waals surface area contributed by atoms with E-state index >= 15 is 0 Å². The summed E-state index contributed by atoms with van der Waals surface area (Å²) in [4.78, 5) is 0. The van der Waals surface area contributed by atoms with Crippen LogP contribution in [0.1, 0.15) is 18.2 Å². The molecule has 0 aliphatic heterocycles. The zero-order valence-electron chi connectivity index (χ0n) is 8.75. The Kier molecular flexibility index (Phi) is 2.30. The first kappa shape index (κ1) is 9.28. The molecule has 0 unspecified atom stereocenters. The number of aromatic nitrogens is 1. The van der Waals surface area contributed by atoms with Gasteiger partial charge in [-0.25, -0.2) is 0 Å². The number of aryl methyl sites for hydroxylation is 2. The minimum absolute atomic E-state index is 0.612. The fourth-order valence-electron chi connectivity index (χ4n) is 2.11. The normalized spacial score (nSPS) is 11.1. The number of fused-ring (bicyclic) bond motifs is 1. The highest BCUT2D eigenvalue weighted by Crippen LogP contribution is 2.22. The molecule has 0 saturated carbocycles. The summed E-state index contributed by atoms with van der Waals surface area (Å²) < 4.78 is 2.32. The Morgan fingerprint density at radius 1 is 1.36 bits per heavy atom. The van der Waals surface area contributed by atoms with Gasteiger partial charge in [0.05, 0.1) is 5.52 Å². The van der Waals surface area contributed by atoms with Crippen LogP contribution >= 0.6 is 0 Å². The van der Waals surface area contributed by atoms with Crippen molar-refractivity contribution in [1.82, 2.24) is 4.57 Å². The van der Waals surface area contributed by atoms with Gasteiger partial charge in [0.15, 0.2) is 0 Å². The van der Waals surface area contributed by atoms with Crippen molar-refractivity contribution >= 4 is 10.9 Å². The highest BCUT2D eigenvalue weighted by molar-refractivity contribution is 5.84. The molecule has 2 aromatic rings. The average Bonchev–Trinajstić information content (AvgIpc) is 2.52. The third-order valence-electron chi connectivity index (χ3n) is 2.75. The molecule has 2 rings (SSSR count). The zero-order chi connectivity index (χ0) is 10.1. The van der Waals surface area contributed by atoms with Gasteiger partial charge < -0.3 is 10.3 Å². The van der Waals surface area contributed by atoms with Crippen LogP contribution in [-0.4, -0.2) is 4.57 Å². The van der Waals surface area contributed by atoms with Crippen LogP contribution in [0.15, 0.2) is 24.3 Å². The lowest BCUT2D eigenvalue weighted by atomic mass is 10.1. The van der Waals surface area contributed by atoms with Crippen LogP contribution in [0.4, 0.5) is 0 Å². The second-order valence-electron chi connectivity index (χ2n) is 3.59. The predicted molar refractivity (Wildman–Crippen MR) is 60.2 cm³/mol. The number of hydrogen-bond acceptors (Lipinski definition) is 1. The minimum Gasteiger partial charge on any atom is -0.345 e. The van der Waals surface area contributed by atoms with Crippen molar-refractivity contribution in [1.29, 1.82) is 0 Å². The van der Waals surface area contributed by atoms with Crippen LogP contribution in [0.5, 0.6) is 0 Å². The van der Waals surface area contributed by atoms with Gasteiger partial charge in [-0.2, -0.15) is 0 Å². The third-order valence-corrected chi connectivity index (χ3v) is 2.75. The van der Waals surface area contributed by atoms with Gasteiger partial charge in [0.1, 0.15) is 0 Å². The maximum absolute atomic E-state index is 5.74. The van der Waals surface area contributed by atoms with Crippen LogP contribution in [0.3, 0.4) is 0 Å². The highest BCUT2D eigenvalue weighted by atomic mass is 15.0. The molecule has 1 aromatic heterocycles. The lowest BCUT2D eigenvalue weighted by Crippen LogP contribution is -2.02.